The molecule has 2 aromatic rings. The Morgan fingerprint density at radius 1 is 1.06 bits per heavy atom. The molecule has 0 radical (unpaired) electrons. The first-order chi connectivity index (χ1) is 16.9. The Hall–Kier alpha value is -4.34. The topological polar surface area (TPSA) is 129 Å². The van der Waals surface area contributed by atoms with Gasteiger partial charge in [0.2, 0.25) is 6.10 Å². The van der Waals surface area contributed by atoms with Crippen molar-refractivity contribution in [2.45, 2.75) is 25.5 Å². The highest BCUT2D eigenvalue weighted by Crippen LogP contribution is 2.29. The lowest BCUT2D eigenvalue weighted by Gasteiger charge is -2.29. The van der Waals surface area contributed by atoms with Crippen LogP contribution in [0.4, 0.5) is 4.79 Å². The number of methoxy groups -OCH3 is 1. The van der Waals surface area contributed by atoms with Crippen molar-refractivity contribution >= 4 is 23.9 Å². The predicted octanol–water partition coefficient (Wildman–Crippen LogP) is 2.19. The van der Waals surface area contributed by atoms with Gasteiger partial charge in [0, 0.05) is 6.42 Å². The molecule has 35 heavy (non-hydrogen) atoms. The van der Waals surface area contributed by atoms with Crippen molar-refractivity contribution in [3.63, 3.8) is 0 Å². The van der Waals surface area contributed by atoms with E-state index in [9.17, 15) is 19.2 Å². The highest BCUT2D eigenvalue weighted by molar-refractivity contribution is 5.96. The van der Waals surface area contributed by atoms with Gasteiger partial charge in [0.25, 0.3) is 0 Å². The molecular weight excluding hydrogens is 456 g/mol. The SMILES string of the molecule is CCOC(=O)C1=C(COC(=O)[C@@H]2Cc3ccccc3C(=O)O2)NC(=O)N[C@H]1c1ccc(OC)cc1. The van der Waals surface area contributed by atoms with Crippen LogP contribution in [0.25, 0.3) is 0 Å². The molecule has 2 aliphatic heterocycles. The summed E-state index contributed by atoms with van der Waals surface area (Å²) in [5, 5.41) is 5.23. The first-order valence-corrected chi connectivity index (χ1v) is 11.0. The van der Waals surface area contributed by atoms with Crippen molar-refractivity contribution in [3.05, 3.63) is 76.5 Å². The molecule has 0 aliphatic carbocycles. The fraction of sp³-hybridized carbons (Fsp3) is 0.280. The number of fused-ring (bicyclic) bond motifs is 1. The molecule has 10 heteroatoms. The van der Waals surface area contributed by atoms with E-state index in [0.717, 1.165) is 0 Å². The van der Waals surface area contributed by atoms with Gasteiger partial charge in [0.15, 0.2) is 0 Å². The van der Waals surface area contributed by atoms with Crippen molar-refractivity contribution in [1.82, 2.24) is 10.6 Å². The van der Waals surface area contributed by atoms with Crippen molar-refractivity contribution < 1.29 is 38.1 Å². The smallest absolute Gasteiger partial charge is 0.348 e. The van der Waals surface area contributed by atoms with Gasteiger partial charge in [-0.2, -0.15) is 0 Å². The van der Waals surface area contributed by atoms with Crippen LogP contribution in [-0.2, 0) is 30.2 Å². The van der Waals surface area contributed by atoms with Gasteiger partial charge >= 0.3 is 23.9 Å². The molecular formula is C25H24N2O8. The van der Waals surface area contributed by atoms with E-state index in [0.29, 0.717) is 22.4 Å². The van der Waals surface area contributed by atoms with Gasteiger partial charge in [0.05, 0.1) is 36.6 Å². The Morgan fingerprint density at radius 3 is 2.51 bits per heavy atom. The zero-order valence-corrected chi connectivity index (χ0v) is 19.2. The minimum Gasteiger partial charge on any atom is -0.497 e. The van der Waals surface area contributed by atoms with Crippen LogP contribution < -0.4 is 15.4 Å². The summed E-state index contributed by atoms with van der Waals surface area (Å²) in [4.78, 5) is 50.2. The minimum absolute atomic E-state index is 0.0731. The Balaban J connectivity index is 1.57. The number of hydrogen-bond donors (Lipinski definition) is 2. The second kappa shape index (κ2) is 10.3. The number of amides is 2. The summed E-state index contributed by atoms with van der Waals surface area (Å²) in [5.41, 5.74) is 1.84. The summed E-state index contributed by atoms with van der Waals surface area (Å²) < 4.78 is 21.0. The van der Waals surface area contributed by atoms with Crippen molar-refractivity contribution in [2.75, 3.05) is 20.3 Å². The first-order valence-electron chi connectivity index (χ1n) is 11.0. The number of rotatable bonds is 7. The second-order valence-electron chi connectivity index (χ2n) is 7.78. The number of cyclic esters (lactones) is 1. The van der Waals surface area contributed by atoms with Gasteiger partial charge in [-0.3, -0.25) is 0 Å². The molecule has 182 valence electrons. The third-order valence-electron chi connectivity index (χ3n) is 5.61. The molecule has 2 aromatic carbocycles. The molecule has 0 fully saturated rings. The predicted molar refractivity (Wildman–Crippen MR) is 121 cm³/mol. The van der Waals surface area contributed by atoms with Gasteiger partial charge in [-0.15, -0.1) is 0 Å². The van der Waals surface area contributed by atoms with Gasteiger partial charge < -0.3 is 29.6 Å². The zero-order chi connectivity index (χ0) is 24.9. The largest absolute Gasteiger partial charge is 0.497 e. The number of nitrogens with one attached hydrogen (secondary N) is 2. The second-order valence-corrected chi connectivity index (χ2v) is 7.78. The average molecular weight is 480 g/mol. The molecule has 2 heterocycles. The van der Waals surface area contributed by atoms with Crippen LogP contribution in [0.15, 0.2) is 59.8 Å². The molecule has 2 amide bonds. The number of urea groups is 1. The average Bonchev–Trinajstić information content (AvgIpc) is 2.87. The maximum atomic E-state index is 12.8. The summed E-state index contributed by atoms with van der Waals surface area (Å²) in [6, 6.07) is 12.2. The van der Waals surface area contributed by atoms with E-state index in [1.807, 2.05) is 0 Å². The van der Waals surface area contributed by atoms with E-state index in [4.69, 9.17) is 18.9 Å². The molecule has 2 aliphatic rings. The van der Waals surface area contributed by atoms with Gasteiger partial charge in [-0.05, 0) is 36.2 Å². The number of carbonyl (C=O) groups excluding carboxylic acids is 4. The van der Waals surface area contributed by atoms with Gasteiger partial charge in [0.1, 0.15) is 12.4 Å². The van der Waals surface area contributed by atoms with Crippen LogP contribution in [0.3, 0.4) is 0 Å². The number of carbonyl (C=O) groups is 4. The lowest BCUT2D eigenvalue weighted by Crippen LogP contribution is -2.47. The summed E-state index contributed by atoms with van der Waals surface area (Å²) in [5.74, 6) is -1.48. The standard InChI is InChI=1S/C25H24N2O8/c1-3-33-24(30)20-18(26-25(31)27-21(20)14-8-10-16(32-2)11-9-14)13-34-23(29)19-12-15-6-4-5-7-17(15)22(28)35-19/h4-11,19,21H,3,12-13H2,1-2H3,(H2,26,27,31)/t19-,21-/m0/s1. The number of esters is 3. The first kappa shape index (κ1) is 23.8. The minimum atomic E-state index is -1.14. The molecule has 0 bridgehead atoms. The van der Waals surface area contributed by atoms with E-state index >= 15 is 0 Å². The van der Waals surface area contributed by atoms with E-state index in [-0.39, 0.29) is 24.3 Å². The lowest BCUT2D eigenvalue weighted by atomic mass is 9.95. The van der Waals surface area contributed by atoms with Crippen LogP contribution in [-0.4, -0.2) is 50.4 Å². The number of hydrogen-bond acceptors (Lipinski definition) is 8. The normalized spacial score (nSPS) is 19.0. The maximum absolute atomic E-state index is 12.8. The third kappa shape index (κ3) is 5.11. The Morgan fingerprint density at radius 2 is 1.80 bits per heavy atom. The van der Waals surface area contributed by atoms with E-state index < -0.39 is 42.7 Å². The number of benzene rings is 2. The van der Waals surface area contributed by atoms with Crippen LogP contribution in [0.1, 0.15) is 34.5 Å². The summed E-state index contributed by atoms with van der Waals surface area (Å²) in [6.45, 7) is 1.34. The molecule has 10 nitrogen and oxygen atoms in total. The monoisotopic (exact) mass is 480 g/mol. The molecule has 4 rings (SSSR count). The fourth-order valence-corrected chi connectivity index (χ4v) is 3.93. The van der Waals surface area contributed by atoms with Crippen LogP contribution in [0.5, 0.6) is 5.75 Å². The molecule has 0 saturated carbocycles. The Kier molecular flexibility index (Phi) is 7.00. The molecule has 0 spiro atoms. The van der Waals surface area contributed by atoms with Gasteiger partial charge in [-0.1, -0.05) is 30.3 Å². The molecule has 2 atom stereocenters. The summed E-state index contributed by atoms with van der Waals surface area (Å²) in [7, 11) is 1.53. The van der Waals surface area contributed by atoms with Crippen molar-refractivity contribution in [2.24, 2.45) is 0 Å². The van der Waals surface area contributed by atoms with Crippen LogP contribution in [0.2, 0.25) is 0 Å². The molecule has 2 N–H and O–H groups in total. The van der Waals surface area contributed by atoms with E-state index in [2.05, 4.69) is 10.6 Å². The van der Waals surface area contributed by atoms with E-state index in [1.165, 1.54) is 7.11 Å². The van der Waals surface area contributed by atoms with E-state index in [1.54, 1.807) is 55.5 Å². The Labute approximate surface area is 201 Å². The molecule has 0 aromatic heterocycles. The van der Waals surface area contributed by atoms with Gasteiger partial charge in [-0.25, -0.2) is 19.2 Å². The van der Waals surface area contributed by atoms with Crippen LogP contribution >= 0.6 is 0 Å². The van der Waals surface area contributed by atoms with Crippen molar-refractivity contribution in [3.8, 4) is 5.75 Å². The zero-order valence-electron chi connectivity index (χ0n) is 19.2. The maximum Gasteiger partial charge on any atom is 0.348 e. The Bertz CT molecular complexity index is 1190. The third-order valence-corrected chi connectivity index (χ3v) is 5.61. The highest BCUT2D eigenvalue weighted by Gasteiger charge is 2.36. The lowest BCUT2D eigenvalue weighted by molar-refractivity contribution is -0.153. The molecule has 0 unspecified atom stereocenters. The van der Waals surface area contributed by atoms with Crippen LogP contribution in [0, 0.1) is 0 Å². The summed E-state index contributed by atoms with van der Waals surface area (Å²) >= 11 is 0. The quantitative estimate of drug-likeness (QED) is 0.456. The summed E-state index contributed by atoms with van der Waals surface area (Å²) in [6.07, 6.45) is -0.980. The fourth-order valence-electron chi connectivity index (χ4n) is 3.93. The number of ether oxygens (including phenoxy) is 4. The molecule has 0 saturated heterocycles. The van der Waals surface area contributed by atoms with Crippen molar-refractivity contribution in [1.29, 1.82) is 0 Å². The highest BCUT2D eigenvalue weighted by atomic mass is 16.6.